The fraction of sp³-hybridized carbons (Fsp3) is 0.444. The minimum absolute atomic E-state index is 0.231. The molecule has 1 aliphatic heterocycles. The minimum Gasteiger partial charge on any atom is -0.371 e. The number of nitrogens with zero attached hydrogens (tertiary/aromatic N) is 4. The maximum Gasteiger partial charge on any atom is 0.230 e. The van der Waals surface area contributed by atoms with Crippen LogP contribution >= 0.6 is 15.9 Å². The molecular weight excluding hydrogens is 400 g/mol. The minimum atomic E-state index is -0.588. The third kappa shape index (κ3) is 3.43. The number of hydrogen-bond acceptors (Lipinski definition) is 6. The Bertz CT molecular complexity index is 869. The van der Waals surface area contributed by atoms with Gasteiger partial charge in [0.1, 0.15) is 10.4 Å². The molecule has 2 aromatic rings. The molecule has 0 N–H and O–H groups in total. The maximum absolute atomic E-state index is 12.3. The third-order valence-corrected chi connectivity index (χ3v) is 5.14. The number of hydrogen-bond donors (Lipinski definition) is 0. The number of piperidine rings is 1. The van der Waals surface area contributed by atoms with Crippen LogP contribution in [0.25, 0.3) is 5.65 Å². The number of rotatable bonds is 6. The molecule has 1 saturated heterocycles. The topological polar surface area (TPSA) is 76.8 Å². The Hall–Kier alpha value is -2.06. The first-order valence-electron chi connectivity index (χ1n) is 8.44. The van der Waals surface area contributed by atoms with Crippen LogP contribution in [-0.2, 0) is 9.53 Å². The second-order valence-corrected chi connectivity index (χ2v) is 7.46. The van der Waals surface area contributed by atoms with Crippen LogP contribution in [0.2, 0.25) is 0 Å². The van der Waals surface area contributed by atoms with E-state index < -0.39 is 5.78 Å². The van der Waals surface area contributed by atoms with Crippen LogP contribution < -0.4 is 4.90 Å². The Morgan fingerprint density at radius 3 is 2.77 bits per heavy atom. The van der Waals surface area contributed by atoms with Gasteiger partial charge in [-0.25, -0.2) is 4.98 Å². The summed E-state index contributed by atoms with van der Waals surface area (Å²) < 4.78 is 8.16. The number of anilines is 1. The van der Waals surface area contributed by atoms with E-state index in [1.54, 1.807) is 23.6 Å². The standard InChI is InChI=1S/C18H21BrN4O3/c1-4-9-26-18(3)5-7-22(8-6-18)17-16(13(25)11-24)12(2)20-15-10-14(19)21-23(15)17/h4,10-11H,1,5-9H2,2-3H3. The number of halogens is 1. The van der Waals surface area contributed by atoms with Crippen molar-refractivity contribution in [2.45, 2.75) is 32.3 Å². The number of aromatic nitrogens is 3. The first-order chi connectivity index (χ1) is 12.4. The van der Waals surface area contributed by atoms with Gasteiger partial charge in [-0.1, -0.05) is 6.08 Å². The Morgan fingerprint density at radius 2 is 2.15 bits per heavy atom. The van der Waals surface area contributed by atoms with Crippen LogP contribution in [0.5, 0.6) is 0 Å². The Kier molecular flexibility index (Phi) is 5.24. The number of ether oxygens (including phenoxy) is 1. The molecule has 0 aliphatic carbocycles. The van der Waals surface area contributed by atoms with Gasteiger partial charge in [-0.15, -0.1) is 6.58 Å². The highest BCUT2D eigenvalue weighted by molar-refractivity contribution is 9.10. The molecule has 0 atom stereocenters. The fourth-order valence-electron chi connectivity index (χ4n) is 3.31. The van der Waals surface area contributed by atoms with Crippen LogP contribution in [-0.4, -0.2) is 52.0 Å². The van der Waals surface area contributed by atoms with E-state index >= 15 is 0 Å². The summed E-state index contributed by atoms with van der Waals surface area (Å²) in [5.74, 6) is 0.0239. The van der Waals surface area contributed by atoms with E-state index in [1.165, 1.54) is 0 Å². The summed E-state index contributed by atoms with van der Waals surface area (Å²) in [5.41, 5.74) is 1.22. The van der Waals surface area contributed by atoms with E-state index in [0.717, 1.165) is 12.8 Å². The van der Waals surface area contributed by atoms with Crippen molar-refractivity contribution in [3.8, 4) is 0 Å². The zero-order chi connectivity index (χ0) is 18.9. The SMILES string of the molecule is C=CCOC1(C)CCN(c2c(C(=O)C=O)c(C)nc3cc(Br)nn23)CC1. The quantitative estimate of drug-likeness (QED) is 0.309. The van der Waals surface area contributed by atoms with Crippen molar-refractivity contribution in [2.75, 3.05) is 24.6 Å². The lowest BCUT2D eigenvalue weighted by Gasteiger charge is -2.40. The molecule has 138 valence electrons. The van der Waals surface area contributed by atoms with Gasteiger partial charge in [0.15, 0.2) is 11.9 Å². The molecule has 0 bridgehead atoms. The van der Waals surface area contributed by atoms with Gasteiger partial charge in [0.2, 0.25) is 5.78 Å². The lowest BCUT2D eigenvalue weighted by Crippen LogP contribution is -2.45. The molecule has 3 heterocycles. The van der Waals surface area contributed by atoms with Crippen LogP contribution in [0, 0.1) is 6.92 Å². The van der Waals surface area contributed by atoms with Crippen molar-refractivity contribution in [3.63, 3.8) is 0 Å². The van der Waals surface area contributed by atoms with Crippen LogP contribution in [0.4, 0.5) is 5.82 Å². The number of aldehydes is 1. The first kappa shape index (κ1) is 18.7. The molecule has 0 unspecified atom stereocenters. The van der Waals surface area contributed by atoms with E-state index in [9.17, 15) is 9.59 Å². The van der Waals surface area contributed by atoms with E-state index in [4.69, 9.17) is 4.74 Å². The molecule has 0 radical (unpaired) electrons. The predicted octanol–water partition coefficient (Wildman–Crippen LogP) is 2.74. The first-order valence-corrected chi connectivity index (χ1v) is 9.23. The lowest BCUT2D eigenvalue weighted by atomic mass is 9.93. The highest BCUT2D eigenvalue weighted by Gasteiger charge is 2.34. The zero-order valence-corrected chi connectivity index (χ0v) is 16.5. The molecule has 3 rings (SSSR count). The van der Waals surface area contributed by atoms with Crippen LogP contribution in [0.3, 0.4) is 0 Å². The van der Waals surface area contributed by atoms with E-state index in [2.05, 4.69) is 44.4 Å². The van der Waals surface area contributed by atoms with E-state index in [1.807, 2.05) is 0 Å². The van der Waals surface area contributed by atoms with Crippen molar-refractivity contribution in [2.24, 2.45) is 0 Å². The highest BCUT2D eigenvalue weighted by atomic mass is 79.9. The van der Waals surface area contributed by atoms with Gasteiger partial charge in [0.25, 0.3) is 0 Å². The Labute approximate surface area is 160 Å². The molecule has 8 heteroatoms. The summed E-state index contributed by atoms with van der Waals surface area (Å²) >= 11 is 3.36. The lowest BCUT2D eigenvalue weighted by molar-refractivity contribution is -0.104. The molecule has 0 spiro atoms. The van der Waals surface area contributed by atoms with Crippen molar-refractivity contribution in [1.82, 2.24) is 14.6 Å². The Morgan fingerprint density at radius 1 is 1.46 bits per heavy atom. The van der Waals surface area contributed by atoms with Crippen LogP contribution in [0.15, 0.2) is 23.3 Å². The van der Waals surface area contributed by atoms with Gasteiger partial charge in [-0.05, 0) is 42.6 Å². The van der Waals surface area contributed by atoms with Gasteiger partial charge >= 0.3 is 0 Å². The summed E-state index contributed by atoms with van der Waals surface area (Å²) in [6, 6.07) is 1.78. The summed E-state index contributed by atoms with van der Waals surface area (Å²) in [6.45, 7) is 9.40. The van der Waals surface area contributed by atoms with Gasteiger partial charge in [0.05, 0.1) is 23.5 Å². The van der Waals surface area contributed by atoms with Crippen molar-refractivity contribution >= 4 is 39.5 Å². The van der Waals surface area contributed by atoms with Crippen molar-refractivity contribution in [1.29, 1.82) is 0 Å². The number of aryl methyl sites for hydroxylation is 1. The molecule has 2 aromatic heterocycles. The summed E-state index contributed by atoms with van der Waals surface area (Å²) in [4.78, 5) is 30.0. The maximum atomic E-state index is 12.3. The number of fused-ring (bicyclic) bond motifs is 1. The second-order valence-electron chi connectivity index (χ2n) is 6.65. The number of ketones is 1. The summed E-state index contributed by atoms with van der Waals surface area (Å²) in [6.07, 6.45) is 3.66. The summed E-state index contributed by atoms with van der Waals surface area (Å²) in [7, 11) is 0. The molecule has 0 amide bonds. The van der Waals surface area contributed by atoms with Crippen molar-refractivity contribution < 1.29 is 14.3 Å². The average Bonchev–Trinajstić information content (AvgIpc) is 2.99. The van der Waals surface area contributed by atoms with Crippen molar-refractivity contribution in [3.05, 3.63) is 34.6 Å². The average molecular weight is 421 g/mol. The molecule has 7 nitrogen and oxygen atoms in total. The van der Waals surface area contributed by atoms with E-state index in [-0.39, 0.29) is 5.60 Å². The van der Waals surface area contributed by atoms with Crippen LogP contribution in [0.1, 0.15) is 35.8 Å². The number of carbonyl (C=O) groups is 2. The summed E-state index contributed by atoms with van der Waals surface area (Å²) in [5, 5.41) is 4.41. The number of Topliss-reactive ketones (excluding diaryl/α,β-unsaturated/α-hetero) is 1. The monoisotopic (exact) mass is 420 g/mol. The molecule has 26 heavy (non-hydrogen) atoms. The van der Waals surface area contributed by atoms with Gasteiger partial charge < -0.3 is 9.64 Å². The molecule has 0 aromatic carbocycles. The largest absolute Gasteiger partial charge is 0.371 e. The van der Waals surface area contributed by atoms with Gasteiger partial charge in [-0.3, -0.25) is 9.59 Å². The molecule has 0 saturated carbocycles. The normalized spacial score (nSPS) is 16.7. The van der Waals surface area contributed by atoms with Gasteiger partial charge in [-0.2, -0.15) is 9.61 Å². The third-order valence-electron chi connectivity index (χ3n) is 4.75. The molecule has 1 fully saturated rings. The number of carbonyl (C=O) groups excluding carboxylic acids is 2. The predicted molar refractivity (Wildman–Crippen MR) is 102 cm³/mol. The highest BCUT2D eigenvalue weighted by Crippen LogP contribution is 2.32. The second kappa shape index (κ2) is 7.28. The van der Waals surface area contributed by atoms with Gasteiger partial charge in [0, 0.05) is 19.2 Å². The molecule has 1 aliphatic rings. The van der Waals surface area contributed by atoms with E-state index in [0.29, 0.717) is 53.3 Å². The fourth-order valence-corrected chi connectivity index (χ4v) is 3.67. The zero-order valence-electron chi connectivity index (χ0n) is 14.9. The smallest absolute Gasteiger partial charge is 0.230 e. The molecular formula is C18H21BrN4O3. The Balaban J connectivity index is 2.02.